The van der Waals surface area contributed by atoms with Gasteiger partial charge in [-0.25, -0.2) is 12.8 Å². The van der Waals surface area contributed by atoms with Crippen molar-refractivity contribution in [1.29, 1.82) is 0 Å². The molecule has 0 fully saturated rings. The number of aromatic hydroxyl groups is 1. The molecule has 2 aromatic carbocycles. The van der Waals surface area contributed by atoms with E-state index < -0.39 is 20.7 Å². The van der Waals surface area contributed by atoms with Gasteiger partial charge >= 0.3 is 0 Å². The Kier molecular flexibility index (Phi) is 3.54. The average molecular weight is 296 g/mol. The summed E-state index contributed by atoms with van der Waals surface area (Å²) in [6, 6.07) is 7.59. The van der Waals surface area contributed by atoms with Crippen LogP contribution < -0.4 is 10.5 Å². The van der Waals surface area contributed by atoms with Crippen LogP contribution in [0.3, 0.4) is 0 Å². The van der Waals surface area contributed by atoms with Gasteiger partial charge in [0.15, 0.2) is 0 Å². The number of hydrogen-bond donors (Lipinski definition) is 3. The maximum atomic E-state index is 13.6. The van der Waals surface area contributed by atoms with Crippen LogP contribution in [0.4, 0.5) is 15.8 Å². The summed E-state index contributed by atoms with van der Waals surface area (Å²) >= 11 is 0. The van der Waals surface area contributed by atoms with Crippen LogP contribution in [0.1, 0.15) is 5.56 Å². The molecule has 0 aliphatic carbocycles. The second-order valence-electron chi connectivity index (χ2n) is 4.30. The Morgan fingerprint density at radius 2 is 1.90 bits per heavy atom. The molecule has 0 atom stereocenters. The zero-order chi connectivity index (χ0) is 14.9. The molecule has 0 radical (unpaired) electrons. The molecule has 0 aliphatic rings. The predicted octanol–water partition coefficient (Wildman–Crippen LogP) is 2.22. The van der Waals surface area contributed by atoms with E-state index in [1.54, 1.807) is 13.0 Å². The highest BCUT2D eigenvalue weighted by Crippen LogP contribution is 2.24. The van der Waals surface area contributed by atoms with E-state index in [-0.39, 0.29) is 17.1 Å². The van der Waals surface area contributed by atoms with Crippen LogP contribution >= 0.6 is 0 Å². The third-order valence-electron chi connectivity index (χ3n) is 2.71. The summed E-state index contributed by atoms with van der Waals surface area (Å²) in [5.41, 5.74) is 6.25. The predicted molar refractivity (Wildman–Crippen MR) is 74.5 cm³/mol. The first-order chi connectivity index (χ1) is 9.29. The van der Waals surface area contributed by atoms with Crippen molar-refractivity contribution < 1.29 is 17.9 Å². The SMILES string of the molecule is Cc1ccc(NS(=O)(=O)c2ccc(N)cc2F)cc1O. The Balaban J connectivity index is 2.38. The van der Waals surface area contributed by atoms with Gasteiger partial charge in [0.05, 0.1) is 5.69 Å². The number of hydrogen-bond acceptors (Lipinski definition) is 4. The minimum atomic E-state index is -4.08. The van der Waals surface area contributed by atoms with Crippen molar-refractivity contribution in [2.75, 3.05) is 10.5 Å². The van der Waals surface area contributed by atoms with E-state index in [2.05, 4.69) is 4.72 Å². The number of benzene rings is 2. The third kappa shape index (κ3) is 2.83. The van der Waals surface area contributed by atoms with E-state index in [0.717, 1.165) is 12.1 Å². The van der Waals surface area contributed by atoms with Crippen LogP contribution in [-0.4, -0.2) is 13.5 Å². The molecule has 0 heterocycles. The van der Waals surface area contributed by atoms with Crippen molar-refractivity contribution in [2.24, 2.45) is 0 Å². The van der Waals surface area contributed by atoms with Gasteiger partial charge in [0.2, 0.25) is 0 Å². The molecule has 5 nitrogen and oxygen atoms in total. The highest BCUT2D eigenvalue weighted by Gasteiger charge is 2.19. The zero-order valence-corrected chi connectivity index (χ0v) is 11.4. The lowest BCUT2D eigenvalue weighted by Crippen LogP contribution is -2.14. The number of rotatable bonds is 3. The Morgan fingerprint density at radius 1 is 1.20 bits per heavy atom. The maximum Gasteiger partial charge on any atom is 0.264 e. The van der Waals surface area contributed by atoms with E-state index in [0.29, 0.717) is 5.56 Å². The molecule has 2 aromatic rings. The summed E-state index contributed by atoms with van der Waals surface area (Å²) in [4.78, 5) is -0.508. The van der Waals surface area contributed by atoms with Crippen LogP contribution in [0.15, 0.2) is 41.3 Å². The van der Waals surface area contributed by atoms with E-state index in [1.807, 2.05) is 0 Å². The second kappa shape index (κ2) is 5.01. The Morgan fingerprint density at radius 3 is 2.50 bits per heavy atom. The summed E-state index contributed by atoms with van der Waals surface area (Å²) < 4.78 is 40.0. The molecule has 0 saturated heterocycles. The molecule has 20 heavy (non-hydrogen) atoms. The van der Waals surface area contributed by atoms with Gasteiger partial charge in [-0.15, -0.1) is 0 Å². The van der Waals surface area contributed by atoms with E-state index in [9.17, 15) is 17.9 Å². The number of halogens is 1. The van der Waals surface area contributed by atoms with Crippen LogP contribution in [0, 0.1) is 12.7 Å². The first-order valence-electron chi connectivity index (χ1n) is 5.67. The topological polar surface area (TPSA) is 92.4 Å². The van der Waals surface area contributed by atoms with E-state index >= 15 is 0 Å². The number of phenolic OH excluding ortho intramolecular Hbond substituents is 1. The Hall–Kier alpha value is -2.28. The fourth-order valence-corrected chi connectivity index (χ4v) is 2.73. The van der Waals surface area contributed by atoms with E-state index in [4.69, 9.17) is 5.73 Å². The number of sulfonamides is 1. The van der Waals surface area contributed by atoms with Crippen molar-refractivity contribution in [3.05, 3.63) is 47.8 Å². The number of nitrogens with two attached hydrogens (primary N) is 1. The summed E-state index contributed by atoms with van der Waals surface area (Å²) in [5.74, 6) is -0.989. The first-order valence-corrected chi connectivity index (χ1v) is 7.15. The third-order valence-corrected chi connectivity index (χ3v) is 4.12. The van der Waals surface area contributed by atoms with Crippen molar-refractivity contribution >= 4 is 21.4 Å². The van der Waals surface area contributed by atoms with Gasteiger partial charge in [-0.2, -0.15) is 0 Å². The fourth-order valence-electron chi connectivity index (χ4n) is 1.62. The first kappa shape index (κ1) is 14.1. The van der Waals surface area contributed by atoms with Crippen molar-refractivity contribution in [2.45, 2.75) is 11.8 Å². The minimum absolute atomic E-state index is 0.0528. The average Bonchev–Trinajstić information content (AvgIpc) is 2.33. The normalized spacial score (nSPS) is 11.3. The highest BCUT2D eigenvalue weighted by molar-refractivity contribution is 7.92. The molecule has 0 aromatic heterocycles. The number of anilines is 2. The van der Waals surface area contributed by atoms with Gasteiger partial charge < -0.3 is 10.8 Å². The van der Waals surface area contributed by atoms with E-state index in [1.165, 1.54) is 18.2 Å². The molecule has 0 spiro atoms. The lowest BCUT2D eigenvalue weighted by molar-refractivity contribution is 0.471. The quantitative estimate of drug-likeness (QED) is 0.757. The second-order valence-corrected chi connectivity index (χ2v) is 5.95. The molecule has 0 unspecified atom stereocenters. The van der Waals surface area contributed by atoms with Crippen LogP contribution in [0.2, 0.25) is 0 Å². The maximum absolute atomic E-state index is 13.6. The summed E-state index contributed by atoms with van der Waals surface area (Å²) in [7, 11) is -4.08. The molecule has 0 aliphatic heterocycles. The lowest BCUT2D eigenvalue weighted by atomic mass is 10.2. The van der Waals surface area contributed by atoms with Crippen LogP contribution in [0.25, 0.3) is 0 Å². The summed E-state index contributed by atoms with van der Waals surface area (Å²) in [6.45, 7) is 1.67. The molecule has 4 N–H and O–H groups in total. The van der Waals surface area contributed by atoms with Crippen LogP contribution in [-0.2, 0) is 10.0 Å². The standard InChI is InChI=1S/C13H13FN2O3S/c1-8-2-4-10(7-12(8)17)16-20(18,19)13-5-3-9(15)6-11(13)14/h2-7,16-17H,15H2,1H3. The molecule has 7 heteroatoms. The van der Waals surface area contributed by atoms with Gasteiger partial charge in [0, 0.05) is 11.8 Å². The van der Waals surface area contributed by atoms with Crippen LogP contribution in [0.5, 0.6) is 5.75 Å². The molecule has 0 saturated carbocycles. The number of phenols is 1. The van der Waals surface area contributed by atoms with Gasteiger partial charge in [0.1, 0.15) is 16.5 Å². The fraction of sp³-hybridized carbons (Fsp3) is 0.0769. The van der Waals surface area contributed by atoms with Gasteiger partial charge in [-0.05, 0) is 36.8 Å². The molecule has 0 bridgehead atoms. The number of nitrogen functional groups attached to an aromatic ring is 1. The minimum Gasteiger partial charge on any atom is -0.508 e. The number of aryl methyl sites for hydroxylation is 1. The monoisotopic (exact) mass is 296 g/mol. The van der Waals surface area contributed by atoms with Gasteiger partial charge in [-0.3, -0.25) is 4.72 Å². The molecule has 0 amide bonds. The summed E-state index contributed by atoms with van der Waals surface area (Å²) in [5, 5.41) is 9.53. The van der Waals surface area contributed by atoms with Crippen molar-refractivity contribution in [1.82, 2.24) is 0 Å². The lowest BCUT2D eigenvalue weighted by Gasteiger charge is -2.10. The molecular weight excluding hydrogens is 283 g/mol. The smallest absolute Gasteiger partial charge is 0.264 e. The molecule has 2 rings (SSSR count). The van der Waals surface area contributed by atoms with Gasteiger partial charge in [-0.1, -0.05) is 6.07 Å². The van der Waals surface area contributed by atoms with Gasteiger partial charge in [0.25, 0.3) is 10.0 Å². The Labute approximate surface area is 115 Å². The molecular formula is C13H13FN2O3S. The summed E-state index contributed by atoms with van der Waals surface area (Å²) in [6.07, 6.45) is 0. The zero-order valence-electron chi connectivity index (χ0n) is 10.6. The molecule has 106 valence electrons. The Bertz CT molecular complexity index is 760. The van der Waals surface area contributed by atoms with Crippen molar-refractivity contribution in [3.8, 4) is 5.75 Å². The number of nitrogens with one attached hydrogen (secondary N) is 1. The van der Waals surface area contributed by atoms with Crippen molar-refractivity contribution in [3.63, 3.8) is 0 Å². The largest absolute Gasteiger partial charge is 0.508 e. The highest BCUT2D eigenvalue weighted by atomic mass is 32.2.